The minimum atomic E-state index is 0.134. The number of anilines is 1. The van der Waals surface area contributed by atoms with Crippen molar-refractivity contribution in [1.29, 1.82) is 0 Å². The molecule has 0 fully saturated rings. The monoisotopic (exact) mass is 277 g/mol. The Bertz CT molecular complexity index is 387. The average Bonchev–Trinajstić information content (AvgIpc) is 2.45. The van der Waals surface area contributed by atoms with Crippen molar-refractivity contribution in [1.82, 2.24) is 5.32 Å². The number of amides is 1. The Morgan fingerprint density at radius 1 is 1.10 bits per heavy atom. The van der Waals surface area contributed by atoms with Gasteiger partial charge >= 0.3 is 0 Å². The molecule has 0 saturated carbocycles. The van der Waals surface area contributed by atoms with Crippen molar-refractivity contribution in [3.05, 3.63) is 29.8 Å². The zero-order valence-corrected chi connectivity index (χ0v) is 12.7. The average molecular weight is 277 g/mol. The highest BCUT2D eigenvalue weighted by Crippen LogP contribution is 2.12. The maximum atomic E-state index is 11.7. The Hall–Kier alpha value is -1.55. The molecule has 1 rings (SSSR count). The molecule has 0 heterocycles. The van der Waals surface area contributed by atoms with Gasteiger partial charge in [0.15, 0.2) is 0 Å². The summed E-state index contributed by atoms with van der Waals surface area (Å²) in [6.45, 7) is 1.35. The standard InChI is InChI=1S/C16H27N3O/c1-19(2)15-10-8-14(9-11-15)13-18-16(20)7-5-3-4-6-12-17/h8-11H,3-7,12-13,17H2,1-2H3,(H,18,20). The van der Waals surface area contributed by atoms with Crippen LogP contribution in [0, 0.1) is 0 Å². The minimum Gasteiger partial charge on any atom is -0.378 e. The Kier molecular flexibility index (Phi) is 7.73. The molecule has 112 valence electrons. The van der Waals surface area contributed by atoms with Crippen LogP contribution in [-0.4, -0.2) is 26.5 Å². The fourth-order valence-electron chi connectivity index (χ4n) is 1.98. The molecule has 0 aliphatic carbocycles. The van der Waals surface area contributed by atoms with E-state index in [1.807, 2.05) is 14.1 Å². The van der Waals surface area contributed by atoms with Gasteiger partial charge in [0.2, 0.25) is 5.91 Å². The SMILES string of the molecule is CN(C)c1ccc(CNC(=O)CCCCCCN)cc1. The number of hydrogen-bond donors (Lipinski definition) is 2. The van der Waals surface area contributed by atoms with Crippen LogP contribution in [0.15, 0.2) is 24.3 Å². The molecule has 20 heavy (non-hydrogen) atoms. The summed E-state index contributed by atoms with van der Waals surface area (Å²) >= 11 is 0. The van der Waals surface area contributed by atoms with Crippen LogP contribution in [0.1, 0.15) is 37.7 Å². The normalized spacial score (nSPS) is 10.3. The molecule has 1 amide bonds. The van der Waals surface area contributed by atoms with E-state index in [2.05, 4.69) is 34.5 Å². The summed E-state index contributed by atoms with van der Waals surface area (Å²) in [4.78, 5) is 13.7. The number of nitrogens with one attached hydrogen (secondary N) is 1. The van der Waals surface area contributed by atoms with Crippen molar-refractivity contribution < 1.29 is 4.79 Å². The third kappa shape index (κ3) is 6.57. The van der Waals surface area contributed by atoms with E-state index in [4.69, 9.17) is 5.73 Å². The number of benzene rings is 1. The van der Waals surface area contributed by atoms with Crippen LogP contribution >= 0.6 is 0 Å². The van der Waals surface area contributed by atoms with Crippen molar-refractivity contribution in [3.63, 3.8) is 0 Å². The number of carbonyl (C=O) groups excluding carboxylic acids is 1. The minimum absolute atomic E-state index is 0.134. The Morgan fingerprint density at radius 2 is 1.75 bits per heavy atom. The van der Waals surface area contributed by atoms with Gasteiger partial charge in [-0.3, -0.25) is 4.79 Å². The highest BCUT2D eigenvalue weighted by molar-refractivity contribution is 5.75. The first-order chi connectivity index (χ1) is 9.63. The van der Waals surface area contributed by atoms with E-state index in [1.165, 1.54) is 5.69 Å². The van der Waals surface area contributed by atoms with Crippen molar-refractivity contribution in [3.8, 4) is 0 Å². The molecule has 3 N–H and O–H groups in total. The summed E-state index contributed by atoms with van der Waals surface area (Å²) in [5, 5.41) is 2.96. The zero-order valence-electron chi connectivity index (χ0n) is 12.7. The summed E-state index contributed by atoms with van der Waals surface area (Å²) in [6.07, 6.45) is 4.82. The van der Waals surface area contributed by atoms with E-state index in [9.17, 15) is 4.79 Å². The van der Waals surface area contributed by atoms with Gasteiger partial charge < -0.3 is 16.0 Å². The van der Waals surface area contributed by atoms with Crippen molar-refractivity contribution in [2.45, 2.75) is 38.6 Å². The summed E-state index contributed by atoms with van der Waals surface area (Å²) in [5.41, 5.74) is 7.73. The van der Waals surface area contributed by atoms with Crippen molar-refractivity contribution in [2.75, 3.05) is 25.5 Å². The van der Waals surface area contributed by atoms with Gasteiger partial charge in [-0.05, 0) is 37.1 Å². The summed E-state index contributed by atoms with van der Waals surface area (Å²) < 4.78 is 0. The number of nitrogens with two attached hydrogens (primary N) is 1. The number of rotatable bonds is 9. The number of nitrogens with zero attached hydrogens (tertiary/aromatic N) is 1. The molecule has 0 atom stereocenters. The third-order valence-electron chi connectivity index (χ3n) is 3.30. The molecule has 0 bridgehead atoms. The van der Waals surface area contributed by atoms with Crippen LogP contribution < -0.4 is 16.0 Å². The number of hydrogen-bond acceptors (Lipinski definition) is 3. The smallest absolute Gasteiger partial charge is 0.220 e. The molecular formula is C16H27N3O. The molecule has 1 aromatic rings. The molecule has 0 spiro atoms. The molecule has 0 radical (unpaired) electrons. The van der Waals surface area contributed by atoms with Gasteiger partial charge in [0.1, 0.15) is 0 Å². The van der Waals surface area contributed by atoms with E-state index < -0.39 is 0 Å². The molecule has 0 unspecified atom stereocenters. The highest BCUT2D eigenvalue weighted by Gasteiger charge is 2.02. The molecule has 1 aromatic carbocycles. The maximum absolute atomic E-state index is 11.7. The van der Waals surface area contributed by atoms with Crippen molar-refractivity contribution in [2.24, 2.45) is 5.73 Å². The van der Waals surface area contributed by atoms with Gasteiger partial charge in [-0.25, -0.2) is 0 Å². The van der Waals surface area contributed by atoms with Gasteiger partial charge in [-0.15, -0.1) is 0 Å². The quantitative estimate of drug-likeness (QED) is 0.681. The molecular weight excluding hydrogens is 250 g/mol. The predicted molar refractivity (Wildman–Crippen MR) is 84.8 cm³/mol. The van der Waals surface area contributed by atoms with Gasteiger partial charge in [0, 0.05) is 32.7 Å². The summed E-state index contributed by atoms with van der Waals surface area (Å²) in [6, 6.07) is 8.23. The summed E-state index contributed by atoms with van der Waals surface area (Å²) in [7, 11) is 4.03. The lowest BCUT2D eigenvalue weighted by Crippen LogP contribution is -2.22. The van der Waals surface area contributed by atoms with E-state index in [-0.39, 0.29) is 5.91 Å². The third-order valence-corrected chi connectivity index (χ3v) is 3.30. The van der Waals surface area contributed by atoms with E-state index in [0.717, 1.165) is 37.8 Å². The fraction of sp³-hybridized carbons (Fsp3) is 0.562. The van der Waals surface area contributed by atoms with Crippen LogP contribution in [-0.2, 0) is 11.3 Å². The van der Waals surface area contributed by atoms with Crippen LogP contribution in [0.3, 0.4) is 0 Å². The van der Waals surface area contributed by atoms with Gasteiger partial charge in [-0.2, -0.15) is 0 Å². The van der Waals surface area contributed by atoms with Crippen molar-refractivity contribution >= 4 is 11.6 Å². The second-order valence-electron chi connectivity index (χ2n) is 5.29. The van der Waals surface area contributed by atoms with Crippen LogP contribution in [0.4, 0.5) is 5.69 Å². The maximum Gasteiger partial charge on any atom is 0.220 e. The predicted octanol–water partition coefficient (Wildman–Crippen LogP) is 2.28. The zero-order chi connectivity index (χ0) is 14.8. The summed E-state index contributed by atoms with van der Waals surface area (Å²) in [5.74, 6) is 0.134. The Morgan fingerprint density at radius 3 is 2.35 bits per heavy atom. The first kappa shape index (κ1) is 16.5. The molecule has 4 nitrogen and oxygen atoms in total. The number of carbonyl (C=O) groups is 1. The van der Waals surface area contributed by atoms with Crippen LogP contribution in [0.25, 0.3) is 0 Å². The van der Waals surface area contributed by atoms with Gasteiger partial charge in [-0.1, -0.05) is 25.0 Å². The molecule has 0 aliphatic rings. The lowest BCUT2D eigenvalue weighted by molar-refractivity contribution is -0.121. The Labute approximate surface area is 122 Å². The fourth-order valence-corrected chi connectivity index (χ4v) is 1.98. The molecule has 0 aromatic heterocycles. The van der Waals surface area contributed by atoms with Crippen LogP contribution in [0.5, 0.6) is 0 Å². The molecule has 0 saturated heterocycles. The lowest BCUT2D eigenvalue weighted by Gasteiger charge is -2.13. The first-order valence-electron chi connectivity index (χ1n) is 7.36. The van der Waals surface area contributed by atoms with Gasteiger partial charge in [0.25, 0.3) is 0 Å². The highest BCUT2D eigenvalue weighted by atomic mass is 16.1. The van der Waals surface area contributed by atoms with E-state index >= 15 is 0 Å². The van der Waals surface area contributed by atoms with E-state index in [1.54, 1.807) is 0 Å². The molecule has 0 aliphatic heterocycles. The van der Waals surface area contributed by atoms with Crippen LogP contribution in [0.2, 0.25) is 0 Å². The van der Waals surface area contributed by atoms with E-state index in [0.29, 0.717) is 13.0 Å². The lowest BCUT2D eigenvalue weighted by atomic mass is 10.1. The van der Waals surface area contributed by atoms with Gasteiger partial charge in [0.05, 0.1) is 0 Å². The first-order valence-corrected chi connectivity index (χ1v) is 7.36. The number of unbranched alkanes of at least 4 members (excludes halogenated alkanes) is 3. The largest absolute Gasteiger partial charge is 0.378 e. The second-order valence-corrected chi connectivity index (χ2v) is 5.29. The second kappa shape index (κ2) is 9.37. The molecule has 4 heteroatoms. The topological polar surface area (TPSA) is 58.4 Å². The Balaban J connectivity index is 2.20.